The molecule has 0 spiro atoms. The van der Waals surface area contributed by atoms with Crippen molar-refractivity contribution >= 4 is 11.7 Å². The zero-order valence-corrected chi connectivity index (χ0v) is 17.7. The van der Waals surface area contributed by atoms with E-state index in [1.54, 1.807) is 30.5 Å². The summed E-state index contributed by atoms with van der Waals surface area (Å²) in [7, 11) is 0. The Morgan fingerprint density at radius 2 is 1.97 bits per heavy atom. The zero-order chi connectivity index (χ0) is 22.1. The van der Waals surface area contributed by atoms with Gasteiger partial charge >= 0.3 is 5.97 Å². The lowest BCUT2D eigenvalue weighted by atomic mass is 10.1. The van der Waals surface area contributed by atoms with Crippen LogP contribution in [-0.2, 0) is 16.1 Å². The minimum Gasteiger partial charge on any atom is -0.491 e. The molecule has 7 heteroatoms. The highest BCUT2D eigenvalue weighted by molar-refractivity contribution is 5.70. The summed E-state index contributed by atoms with van der Waals surface area (Å²) in [6, 6.07) is 17.0. The van der Waals surface area contributed by atoms with Gasteiger partial charge in [0.05, 0.1) is 17.8 Å². The molecule has 0 unspecified atom stereocenters. The molecule has 1 aromatic heterocycles. The Hall–Kier alpha value is -3.58. The van der Waals surface area contributed by atoms with Crippen molar-refractivity contribution in [3.8, 4) is 11.4 Å². The number of rotatable bonds is 11. The summed E-state index contributed by atoms with van der Waals surface area (Å²) in [5.41, 5.74) is 6.60. The molecule has 7 nitrogen and oxygen atoms in total. The third-order valence-electron chi connectivity index (χ3n) is 4.34. The van der Waals surface area contributed by atoms with Gasteiger partial charge in [-0.3, -0.25) is 15.1 Å². The summed E-state index contributed by atoms with van der Waals surface area (Å²) in [6.07, 6.45) is 5.72. The van der Waals surface area contributed by atoms with Gasteiger partial charge in [-0.1, -0.05) is 44.2 Å². The molecule has 0 fully saturated rings. The second-order valence-corrected chi connectivity index (χ2v) is 7.34. The maximum absolute atomic E-state index is 10.8. The van der Waals surface area contributed by atoms with Gasteiger partial charge in [0.2, 0.25) is 0 Å². The quantitative estimate of drug-likeness (QED) is 0.358. The van der Waals surface area contributed by atoms with Crippen molar-refractivity contribution in [1.82, 2.24) is 15.3 Å². The number of nitrogens with zero attached hydrogens (tertiary/aromatic N) is 2. The van der Waals surface area contributed by atoms with Crippen LogP contribution < -0.4 is 10.2 Å². The van der Waals surface area contributed by atoms with Crippen LogP contribution in [0.25, 0.3) is 11.4 Å². The van der Waals surface area contributed by atoms with E-state index in [4.69, 9.17) is 14.7 Å². The number of carboxylic acids is 1. The van der Waals surface area contributed by atoms with Crippen molar-refractivity contribution in [2.24, 2.45) is 5.92 Å². The molecule has 0 bridgehead atoms. The molecule has 1 heterocycles. The van der Waals surface area contributed by atoms with E-state index in [-0.39, 0.29) is 6.42 Å². The Labute approximate surface area is 181 Å². The van der Waals surface area contributed by atoms with Crippen LogP contribution in [0.3, 0.4) is 0 Å². The third kappa shape index (κ3) is 7.01. The Balaban J connectivity index is 1.52. The van der Waals surface area contributed by atoms with Gasteiger partial charge in [0.25, 0.3) is 0 Å². The van der Waals surface area contributed by atoms with E-state index in [2.05, 4.69) is 30.5 Å². The number of carboxylic acid groups (broad SMARTS) is 1. The van der Waals surface area contributed by atoms with Gasteiger partial charge < -0.3 is 9.84 Å². The van der Waals surface area contributed by atoms with Crippen molar-refractivity contribution in [1.29, 1.82) is 0 Å². The van der Waals surface area contributed by atoms with Crippen molar-refractivity contribution in [3.63, 3.8) is 0 Å². The molecule has 0 aliphatic rings. The van der Waals surface area contributed by atoms with Gasteiger partial charge in [-0.2, -0.15) is 5.10 Å². The van der Waals surface area contributed by atoms with Crippen molar-refractivity contribution in [3.05, 3.63) is 84.2 Å². The molecule has 2 N–H and O–H groups in total. The minimum atomic E-state index is -0.869. The maximum Gasteiger partial charge on any atom is 0.307 e. The highest BCUT2D eigenvalue weighted by atomic mass is 16.7. The second-order valence-electron chi connectivity index (χ2n) is 7.34. The summed E-state index contributed by atoms with van der Waals surface area (Å²) >= 11 is 0. The molecule has 3 aromatic rings. The maximum atomic E-state index is 10.8. The molecule has 162 valence electrons. The summed E-state index contributed by atoms with van der Waals surface area (Å²) in [5, 5.41) is 13.1. The Morgan fingerprint density at radius 1 is 1.16 bits per heavy atom. The molecule has 0 aliphatic carbocycles. The van der Waals surface area contributed by atoms with E-state index in [9.17, 15) is 4.79 Å². The molecule has 0 aliphatic heterocycles. The van der Waals surface area contributed by atoms with Crippen molar-refractivity contribution < 1.29 is 19.5 Å². The number of aliphatic carboxylic acids is 1. The minimum absolute atomic E-state index is 0.0300. The Kier molecular flexibility index (Phi) is 7.84. The monoisotopic (exact) mass is 421 g/mol. The average molecular weight is 421 g/mol. The number of ether oxygens (including phenoxy) is 1. The van der Waals surface area contributed by atoms with E-state index in [0.717, 1.165) is 16.9 Å². The van der Waals surface area contributed by atoms with Crippen LogP contribution in [0.4, 0.5) is 0 Å². The smallest absolute Gasteiger partial charge is 0.307 e. The number of hydrogen-bond acceptors (Lipinski definition) is 5. The van der Waals surface area contributed by atoms with Crippen LogP contribution in [-0.4, -0.2) is 34.1 Å². The molecule has 0 atom stereocenters. The van der Waals surface area contributed by atoms with Gasteiger partial charge in [0.15, 0.2) is 0 Å². The van der Waals surface area contributed by atoms with E-state index in [1.807, 2.05) is 41.2 Å². The summed E-state index contributed by atoms with van der Waals surface area (Å²) in [4.78, 5) is 16.5. The fourth-order valence-electron chi connectivity index (χ4n) is 2.99. The molecule has 0 radical (unpaired) electrons. The number of nitrogens with one attached hydrogen (secondary N) is 1. The lowest BCUT2D eigenvalue weighted by molar-refractivity contribution is -0.136. The largest absolute Gasteiger partial charge is 0.491 e. The molecular formula is C24H27N3O4. The lowest BCUT2D eigenvalue weighted by Crippen LogP contribution is -2.18. The number of benzene rings is 2. The topological polar surface area (TPSA) is 85.6 Å². The molecule has 0 amide bonds. The summed E-state index contributed by atoms with van der Waals surface area (Å²) in [5.74, 6) is 0.0893. The fourth-order valence-corrected chi connectivity index (χ4v) is 2.99. The van der Waals surface area contributed by atoms with Crippen molar-refractivity contribution in [2.75, 3.05) is 13.2 Å². The molecule has 31 heavy (non-hydrogen) atoms. The summed E-state index contributed by atoms with van der Waals surface area (Å²) < 4.78 is 7.47. The first kappa shape index (κ1) is 22.1. The van der Waals surface area contributed by atoms with E-state index in [1.165, 1.54) is 0 Å². The highest BCUT2D eigenvalue weighted by Crippen LogP contribution is 2.17. The second kappa shape index (κ2) is 11.0. The standard InChI is InChI=1S/C24H27N3O4/c1-18(2)15-23(20-7-9-21(10-8-20)27-12-4-11-25-27)26-31-14-13-30-22-6-3-5-19(16-22)17-24(28)29/h3-12,15-16,18,26H,13-14,17H2,1-2H3,(H,28,29). The first-order valence-electron chi connectivity index (χ1n) is 10.1. The molecule has 0 saturated carbocycles. The van der Waals surface area contributed by atoms with Gasteiger partial charge in [-0.05, 0) is 47.4 Å². The van der Waals surface area contributed by atoms with Crippen LogP contribution in [0.2, 0.25) is 0 Å². The third-order valence-corrected chi connectivity index (χ3v) is 4.34. The molecule has 0 saturated heterocycles. The average Bonchev–Trinajstić information content (AvgIpc) is 3.27. The van der Waals surface area contributed by atoms with Gasteiger partial charge in [0, 0.05) is 12.4 Å². The zero-order valence-electron chi connectivity index (χ0n) is 17.7. The van der Waals surface area contributed by atoms with Crippen LogP contribution in [0.15, 0.2) is 73.1 Å². The number of hydroxylamine groups is 1. The number of aromatic nitrogens is 2. The Morgan fingerprint density at radius 3 is 2.65 bits per heavy atom. The predicted octanol–water partition coefficient (Wildman–Crippen LogP) is 4.10. The van der Waals surface area contributed by atoms with Gasteiger partial charge in [-0.15, -0.1) is 0 Å². The highest BCUT2D eigenvalue weighted by Gasteiger charge is 2.06. The first-order chi connectivity index (χ1) is 15.0. The Bertz CT molecular complexity index is 996. The SMILES string of the molecule is CC(C)C=C(NOCCOc1cccc(CC(=O)O)c1)c1ccc(-n2cccn2)cc1. The van der Waals surface area contributed by atoms with E-state index < -0.39 is 5.97 Å². The fraction of sp³-hybridized carbons (Fsp3) is 0.250. The number of carbonyl (C=O) groups is 1. The predicted molar refractivity (Wildman–Crippen MR) is 119 cm³/mol. The van der Waals surface area contributed by atoms with E-state index in [0.29, 0.717) is 30.4 Å². The number of hydrogen-bond donors (Lipinski definition) is 2. The van der Waals surface area contributed by atoms with Crippen LogP contribution >= 0.6 is 0 Å². The lowest BCUT2D eigenvalue weighted by Gasteiger charge is -2.14. The summed E-state index contributed by atoms with van der Waals surface area (Å²) in [6.45, 7) is 4.86. The van der Waals surface area contributed by atoms with E-state index >= 15 is 0 Å². The first-order valence-corrected chi connectivity index (χ1v) is 10.1. The molecule has 2 aromatic carbocycles. The van der Waals surface area contributed by atoms with Crippen LogP contribution in [0, 0.1) is 5.92 Å². The number of allylic oxidation sites excluding steroid dienone is 1. The van der Waals surface area contributed by atoms with Crippen LogP contribution in [0.1, 0.15) is 25.0 Å². The van der Waals surface area contributed by atoms with Gasteiger partial charge in [-0.25, -0.2) is 4.68 Å². The normalized spacial score (nSPS) is 11.5. The van der Waals surface area contributed by atoms with Gasteiger partial charge in [0.1, 0.15) is 19.0 Å². The van der Waals surface area contributed by atoms with Crippen molar-refractivity contribution in [2.45, 2.75) is 20.3 Å². The molecule has 3 rings (SSSR count). The van der Waals surface area contributed by atoms with Crippen LogP contribution in [0.5, 0.6) is 5.75 Å². The molecular weight excluding hydrogens is 394 g/mol.